The summed E-state index contributed by atoms with van der Waals surface area (Å²) < 4.78 is 0. The van der Waals surface area contributed by atoms with E-state index in [0.29, 0.717) is 19.5 Å². The van der Waals surface area contributed by atoms with Crippen LogP contribution in [0.15, 0.2) is 0 Å². The van der Waals surface area contributed by atoms with Gasteiger partial charge in [0.25, 0.3) is 0 Å². The van der Waals surface area contributed by atoms with Crippen molar-refractivity contribution < 1.29 is 19.5 Å². The molecule has 100 valence electrons. The fraction of sp³-hybridized carbons (Fsp3) is 0.700. The number of amides is 3. The molecule has 2 heterocycles. The second-order valence-corrected chi connectivity index (χ2v) is 4.56. The minimum Gasteiger partial charge on any atom is -0.480 e. The third-order valence-corrected chi connectivity index (χ3v) is 3.21. The zero-order chi connectivity index (χ0) is 13.3. The Bertz CT molecular complexity index is 386. The topological polar surface area (TPSA) is 116 Å². The van der Waals surface area contributed by atoms with Gasteiger partial charge in [-0.3, -0.25) is 9.69 Å². The van der Waals surface area contributed by atoms with Crippen LogP contribution in [-0.2, 0) is 9.59 Å². The lowest BCUT2D eigenvalue weighted by atomic mass is 10.2. The van der Waals surface area contributed by atoms with Gasteiger partial charge in [0.1, 0.15) is 12.6 Å². The van der Waals surface area contributed by atoms with Crippen LogP contribution in [0.4, 0.5) is 4.79 Å². The number of hydrogen-bond donors (Lipinski definition) is 3. The number of hydrogen-bond acceptors (Lipinski definition) is 4. The van der Waals surface area contributed by atoms with E-state index in [-0.39, 0.29) is 25.0 Å². The second-order valence-electron chi connectivity index (χ2n) is 4.56. The number of aliphatic carboxylic acids is 1. The minimum atomic E-state index is -1.12. The van der Waals surface area contributed by atoms with Crippen LogP contribution in [0, 0.1) is 0 Å². The van der Waals surface area contributed by atoms with Crippen molar-refractivity contribution in [2.75, 3.05) is 26.2 Å². The van der Waals surface area contributed by atoms with Crippen molar-refractivity contribution in [3.05, 3.63) is 0 Å². The van der Waals surface area contributed by atoms with Crippen LogP contribution in [0.5, 0.6) is 0 Å². The predicted octanol–water partition coefficient (Wildman–Crippen LogP) is -1.98. The van der Waals surface area contributed by atoms with Gasteiger partial charge in [0, 0.05) is 25.7 Å². The smallest absolute Gasteiger partial charge is 0.328 e. The van der Waals surface area contributed by atoms with E-state index in [1.807, 2.05) is 0 Å². The van der Waals surface area contributed by atoms with Gasteiger partial charge in [-0.15, -0.1) is 0 Å². The molecule has 0 radical (unpaired) electrons. The second kappa shape index (κ2) is 4.81. The van der Waals surface area contributed by atoms with E-state index < -0.39 is 18.0 Å². The normalized spacial score (nSPS) is 28.2. The zero-order valence-corrected chi connectivity index (χ0v) is 9.83. The number of piperazine rings is 1. The molecule has 0 aliphatic carbocycles. The van der Waals surface area contributed by atoms with E-state index in [1.54, 1.807) is 0 Å². The molecular formula is C10H16N4O4. The zero-order valence-electron chi connectivity index (χ0n) is 9.83. The number of nitrogens with one attached hydrogen (secondary N) is 1. The first kappa shape index (κ1) is 12.6. The summed E-state index contributed by atoms with van der Waals surface area (Å²) in [5, 5.41) is 11.5. The lowest BCUT2D eigenvalue weighted by molar-refractivity contribution is -0.144. The Morgan fingerprint density at radius 3 is 2.72 bits per heavy atom. The van der Waals surface area contributed by atoms with Crippen molar-refractivity contribution >= 4 is 17.9 Å². The van der Waals surface area contributed by atoms with E-state index in [9.17, 15) is 14.4 Å². The SMILES string of the molecule is NC1CCN(C(=O)N2CC(=O)NCC2C(=O)O)C1. The van der Waals surface area contributed by atoms with Crippen LogP contribution in [0.1, 0.15) is 6.42 Å². The summed E-state index contributed by atoms with van der Waals surface area (Å²) in [6.45, 7) is 0.634. The van der Waals surface area contributed by atoms with Gasteiger partial charge in [0.2, 0.25) is 5.91 Å². The van der Waals surface area contributed by atoms with Crippen molar-refractivity contribution in [3.63, 3.8) is 0 Å². The summed E-state index contributed by atoms with van der Waals surface area (Å²) in [5.74, 6) is -1.46. The van der Waals surface area contributed by atoms with Gasteiger partial charge in [-0.1, -0.05) is 0 Å². The molecule has 3 amide bonds. The summed E-state index contributed by atoms with van der Waals surface area (Å²) in [6, 6.07) is -1.51. The van der Waals surface area contributed by atoms with Gasteiger partial charge in [-0.25, -0.2) is 9.59 Å². The molecule has 0 saturated carbocycles. The van der Waals surface area contributed by atoms with E-state index in [1.165, 1.54) is 4.90 Å². The van der Waals surface area contributed by atoms with Gasteiger partial charge < -0.3 is 21.1 Å². The molecule has 0 aromatic heterocycles. The number of carboxylic acids is 1. The van der Waals surface area contributed by atoms with Crippen LogP contribution < -0.4 is 11.1 Å². The summed E-state index contributed by atoms with van der Waals surface area (Å²) in [4.78, 5) is 37.1. The highest BCUT2D eigenvalue weighted by Crippen LogP contribution is 2.14. The first-order valence-electron chi connectivity index (χ1n) is 5.79. The Labute approximate surface area is 104 Å². The largest absolute Gasteiger partial charge is 0.480 e. The average Bonchev–Trinajstić information content (AvgIpc) is 2.74. The summed E-state index contributed by atoms with van der Waals surface area (Å²) in [5.41, 5.74) is 5.71. The molecular weight excluding hydrogens is 240 g/mol. The summed E-state index contributed by atoms with van der Waals surface area (Å²) in [7, 11) is 0. The molecule has 2 saturated heterocycles. The van der Waals surface area contributed by atoms with E-state index in [0.717, 1.165) is 4.90 Å². The van der Waals surface area contributed by atoms with Crippen molar-refractivity contribution in [2.45, 2.75) is 18.5 Å². The lowest BCUT2D eigenvalue weighted by Crippen LogP contribution is -2.61. The van der Waals surface area contributed by atoms with Crippen LogP contribution in [0.25, 0.3) is 0 Å². The molecule has 2 aliphatic heterocycles. The average molecular weight is 256 g/mol. The third-order valence-electron chi connectivity index (χ3n) is 3.21. The first-order chi connectivity index (χ1) is 8.49. The first-order valence-corrected chi connectivity index (χ1v) is 5.79. The number of carbonyl (C=O) groups is 3. The monoisotopic (exact) mass is 256 g/mol. The van der Waals surface area contributed by atoms with Crippen molar-refractivity contribution in [1.29, 1.82) is 0 Å². The Hall–Kier alpha value is -1.83. The number of nitrogens with zero attached hydrogens (tertiary/aromatic N) is 2. The molecule has 2 rings (SSSR count). The molecule has 8 heteroatoms. The fourth-order valence-corrected chi connectivity index (χ4v) is 2.21. The van der Waals surface area contributed by atoms with E-state index >= 15 is 0 Å². The quantitative estimate of drug-likeness (QED) is 0.503. The Morgan fingerprint density at radius 2 is 2.17 bits per heavy atom. The molecule has 0 spiro atoms. The van der Waals surface area contributed by atoms with Crippen LogP contribution >= 0.6 is 0 Å². The molecule has 2 unspecified atom stereocenters. The Balaban J connectivity index is 2.09. The highest BCUT2D eigenvalue weighted by atomic mass is 16.4. The van der Waals surface area contributed by atoms with Gasteiger partial charge >= 0.3 is 12.0 Å². The van der Waals surface area contributed by atoms with Gasteiger partial charge in [-0.05, 0) is 6.42 Å². The maximum absolute atomic E-state index is 12.2. The van der Waals surface area contributed by atoms with Gasteiger partial charge in [-0.2, -0.15) is 0 Å². The van der Waals surface area contributed by atoms with Crippen LogP contribution in [-0.4, -0.2) is 71.1 Å². The highest BCUT2D eigenvalue weighted by Gasteiger charge is 2.38. The van der Waals surface area contributed by atoms with Gasteiger partial charge in [0.15, 0.2) is 0 Å². The molecule has 0 aromatic rings. The summed E-state index contributed by atoms with van der Waals surface area (Å²) >= 11 is 0. The van der Waals surface area contributed by atoms with Crippen molar-refractivity contribution in [1.82, 2.24) is 15.1 Å². The number of likely N-dealkylation sites (tertiary alicyclic amines) is 1. The molecule has 8 nitrogen and oxygen atoms in total. The molecule has 18 heavy (non-hydrogen) atoms. The fourth-order valence-electron chi connectivity index (χ4n) is 2.21. The molecule has 0 aromatic carbocycles. The Morgan fingerprint density at radius 1 is 1.44 bits per heavy atom. The van der Waals surface area contributed by atoms with Crippen LogP contribution in [0.2, 0.25) is 0 Å². The molecule has 2 fully saturated rings. The third kappa shape index (κ3) is 2.37. The highest BCUT2D eigenvalue weighted by molar-refractivity contribution is 5.90. The maximum Gasteiger partial charge on any atom is 0.328 e. The lowest BCUT2D eigenvalue weighted by Gasteiger charge is -2.35. The molecule has 2 aliphatic rings. The minimum absolute atomic E-state index is 0.0558. The number of urea groups is 1. The van der Waals surface area contributed by atoms with Gasteiger partial charge in [0.05, 0.1) is 0 Å². The number of rotatable bonds is 1. The predicted molar refractivity (Wildman–Crippen MR) is 60.7 cm³/mol. The molecule has 4 N–H and O–H groups in total. The van der Waals surface area contributed by atoms with Crippen LogP contribution in [0.3, 0.4) is 0 Å². The standard InChI is InChI=1S/C10H16N4O4/c11-6-1-2-13(4-6)10(18)14-5-8(15)12-3-7(14)9(16)17/h6-7H,1-5,11H2,(H,12,15)(H,16,17). The van der Waals surface area contributed by atoms with Crippen molar-refractivity contribution in [2.24, 2.45) is 5.73 Å². The number of carboxylic acid groups (broad SMARTS) is 1. The number of nitrogens with two attached hydrogens (primary N) is 1. The Kier molecular flexibility index (Phi) is 3.37. The van der Waals surface area contributed by atoms with E-state index in [2.05, 4.69) is 5.32 Å². The van der Waals surface area contributed by atoms with E-state index in [4.69, 9.17) is 10.8 Å². The van der Waals surface area contributed by atoms with Crippen molar-refractivity contribution in [3.8, 4) is 0 Å². The number of carbonyl (C=O) groups excluding carboxylic acids is 2. The summed E-state index contributed by atoms with van der Waals surface area (Å²) in [6.07, 6.45) is 0.698. The molecule has 0 bridgehead atoms. The molecule has 2 atom stereocenters. The maximum atomic E-state index is 12.2.